The van der Waals surface area contributed by atoms with Crippen LogP contribution >= 0.6 is 0 Å². The molecule has 1 aromatic rings. The van der Waals surface area contributed by atoms with Gasteiger partial charge in [0.1, 0.15) is 0 Å². The van der Waals surface area contributed by atoms with E-state index in [4.69, 9.17) is 0 Å². The predicted octanol–water partition coefficient (Wildman–Crippen LogP) is 1.51. The quantitative estimate of drug-likeness (QED) is 0.915. The van der Waals surface area contributed by atoms with Crippen LogP contribution in [0.25, 0.3) is 0 Å². The van der Waals surface area contributed by atoms with E-state index in [-0.39, 0.29) is 5.91 Å². The van der Waals surface area contributed by atoms with E-state index in [2.05, 4.69) is 34.5 Å². The molecule has 114 valence electrons. The van der Waals surface area contributed by atoms with Gasteiger partial charge in [0, 0.05) is 18.8 Å². The average Bonchev–Trinajstić information content (AvgIpc) is 2.49. The van der Waals surface area contributed by atoms with Gasteiger partial charge in [-0.1, -0.05) is 12.1 Å². The highest BCUT2D eigenvalue weighted by molar-refractivity contribution is 5.95. The van der Waals surface area contributed by atoms with Crippen LogP contribution in [0.3, 0.4) is 0 Å². The topological polar surface area (TPSA) is 35.6 Å². The number of nitrogens with zero attached hydrogens (tertiary/aromatic N) is 2. The Morgan fingerprint density at radius 3 is 2.52 bits per heavy atom. The van der Waals surface area contributed by atoms with E-state index in [1.807, 2.05) is 11.9 Å². The summed E-state index contributed by atoms with van der Waals surface area (Å²) in [6, 6.07) is 8.62. The molecule has 4 heteroatoms. The third-order valence-corrected chi connectivity index (χ3v) is 4.64. The van der Waals surface area contributed by atoms with Gasteiger partial charge in [-0.3, -0.25) is 9.69 Å². The molecule has 1 aromatic carbocycles. The molecule has 2 aliphatic rings. The molecular weight excluding hydrogens is 262 g/mol. The summed E-state index contributed by atoms with van der Waals surface area (Å²) < 4.78 is 0. The van der Waals surface area contributed by atoms with Gasteiger partial charge in [0.15, 0.2) is 0 Å². The van der Waals surface area contributed by atoms with Gasteiger partial charge < -0.3 is 10.2 Å². The molecule has 1 N–H and O–H groups in total. The highest BCUT2D eigenvalue weighted by atomic mass is 16.2. The van der Waals surface area contributed by atoms with Crippen molar-refractivity contribution in [2.24, 2.45) is 5.92 Å². The molecule has 2 heterocycles. The third kappa shape index (κ3) is 3.63. The standard InChI is InChI=1S/C17H25N3O/c1-19-10-11-20(17(21)13-19)16-4-2-14(3-5-16)12-15-6-8-18-9-7-15/h2-5,15,18H,6-13H2,1H3. The van der Waals surface area contributed by atoms with Gasteiger partial charge in [-0.2, -0.15) is 0 Å². The zero-order valence-electron chi connectivity index (χ0n) is 12.8. The van der Waals surface area contributed by atoms with Crippen molar-refractivity contribution in [2.45, 2.75) is 19.3 Å². The van der Waals surface area contributed by atoms with E-state index in [1.54, 1.807) is 0 Å². The predicted molar refractivity (Wildman–Crippen MR) is 85.6 cm³/mol. The van der Waals surface area contributed by atoms with E-state index in [0.29, 0.717) is 6.54 Å². The molecule has 2 fully saturated rings. The number of hydrogen-bond donors (Lipinski definition) is 1. The number of anilines is 1. The lowest BCUT2D eigenvalue weighted by molar-refractivity contribution is -0.120. The van der Waals surface area contributed by atoms with E-state index in [1.165, 1.54) is 24.8 Å². The summed E-state index contributed by atoms with van der Waals surface area (Å²) in [5, 5.41) is 3.41. The Morgan fingerprint density at radius 2 is 1.86 bits per heavy atom. The minimum Gasteiger partial charge on any atom is -0.317 e. The normalized spacial score (nSPS) is 21.8. The van der Waals surface area contributed by atoms with E-state index in [9.17, 15) is 4.79 Å². The minimum absolute atomic E-state index is 0.204. The Balaban J connectivity index is 1.62. The van der Waals surface area contributed by atoms with Gasteiger partial charge in [0.25, 0.3) is 0 Å². The van der Waals surface area contributed by atoms with Crippen molar-refractivity contribution in [3.05, 3.63) is 29.8 Å². The summed E-state index contributed by atoms with van der Waals surface area (Å²) in [6.45, 7) is 4.57. The van der Waals surface area contributed by atoms with Crippen molar-refractivity contribution in [3.63, 3.8) is 0 Å². The third-order valence-electron chi connectivity index (χ3n) is 4.64. The average molecular weight is 287 g/mol. The van der Waals surface area contributed by atoms with Crippen molar-refractivity contribution in [3.8, 4) is 0 Å². The number of amides is 1. The van der Waals surface area contributed by atoms with Crippen LogP contribution in [0.1, 0.15) is 18.4 Å². The van der Waals surface area contributed by atoms with Crippen LogP contribution in [0, 0.1) is 5.92 Å². The molecule has 2 saturated heterocycles. The van der Waals surface area contributed by atoms with Crippen LogP contribution in [-0.2, 0) is 11.2 Å². The summed E-state index contributed by atoms with van der Waals surface area (Å²) in [4.78, 5) is 16.1. The van der Waals surface area contributed by atoms with Gasteiger partial charge in [-0.15, -0.1) is 0 Å². The number of benzene rings is 1. The summed E-state index contributed by atoms with van der Waals surface area (Å²) in [7, 11) is 2.00. The number of piperazine rings is 1. The maximum Gasteiger partial charge on any atom is 0.241 e. The number of hydrogen-bond acceptors (Lipinski definition) is 3. The van der Waals surface area contributed by atoms with Crippen LogP contribution in [0.4, 0.5) is 5.69 Å². The number of rotatable bonds is 3. The Labute approximate surface area is 127 Å². The molecule has 1 amide bonds. The molecule has 0 aliphatic carbocycles. The summed E-state index contributed by atoms with van der Waals surface area (Å²) in [5.74, 6) is 1.01. The number of piperidine rings is 1. The second-order valence-electron chi connectivity index (χ2n) is 6.35. The Kier molecular flexibility index (Phi) is 4.56. The first-order valence-corrected chi connectivity index (χ1v) is 8.01. The van der Waals surface area contributed by atoms with Crippen LogP contribution < -0.4 is 10.2 Å². The first kappa shape index (κ1) is 14.5. The lowest BCUT2D eigenvalue weighted by Gasteiger charge is -2.32. The smallest absolute Gasteiger partial charge is 0.241 e. The zero-order valence-corrected chi connectivity index (χ0v) is 12.8. The number of carbonyl (C=O) groups is 1. The maximum atomic E-state index is 12.1. The number of carbonyl (C=O) groups excluding carboxylic acids is 1. The maximum absolute atomic E-state index is 12.1. The van der Waals surface area contributed by atoms with Crippen LogP contribution in [0.5, 0.6) is 0 Å². The van der Waals surface area contributed by atoms with Crippen LogP contribution in [0.15, 0.2) is 24.3 Å². The van der Waals surface area contributed by atoms with Crippen molar-refractivity contribution >= 4 is 11.6 Å². The molecule has 0 saturated carbocycles. The molecule has 0 unspecified atom stereocenters. The first-order chi connectivity index (χ1) is 10.2. The summed E-state index contributed by atoms with van der Waals surface area (Å²) >= 11 is 0. The molecule has 0 radical (unpaired) electrons. The molecule has 2 aliphatic heterocycles. The highest BCUT2D eigenvalue weighted by Crippen LogP contribution is 2.22. The van der Waals surface area contributed by atoms with Gasteiger partial charge in [-0.25, -0.2) is 0 Å². The first-order valence-electron chi connectivity index (χ1n) is 8.01. The lowest BCUT2D eigenvalue weighted by Crippen LogP contribution is -2.48. The summed E-state index contributed by atoms with van der Waals surface area (Å²) in [6.07, 6.45) is 3.72. The largest absolute Gasteiger partial charge is 0.317 e. The van der Waals surface area contributed by atoms with Crippen molar-refractivity contribution in [1.82, 2.24) is 10.2 Å². The Bertz CT molecular complexity index is 479. The molecule has 0 atom stereocenters. The molecule has 3 rings (SSSR count). The fraction of sp³-hybridized carbons (Fsp3) is 0.588. The second kappa shape index (κ2) is 6.58. The van der Waals surface area contributed by atoms with Crippen molar-refractivity contribution in [1.29, 1.82) is 0 Å². The number of nitrogens with one attached hydrogen (secondary N) is 1. The Hall–Kier alpha value is -1.39. The van der Waals surface area contributed by atoms with Crippen molar-refractivity contribution in [2.75, 3.05) is 44.7 Å². The van der Waals surface area contributed by atoms with Crippen LogP contribution in [-0.4, -0.2) is 50.6 Å². The van der Waals surface area contributed by atoms with Gasteiger partial charge in [0.05, 0.1) is 6.54 Å². The molecule has 0 bridgehead atoms. The molecule has 0 spiro atoms. The molecule has 4 nitrogen and oxygen atoms in total. The number of likely N-dealkylation sites (N-methyl/N-ethyl adjacent to an activating group) is 1. The van der Waals surface area contributed by atoms with E-state index in [0.717, 1.165) is 37.8 Å². The summed E-state index contributed by atoms with van der Waals surface area (Å²) in [5.41, 5.74) is 2.44. The molecular formula is C17H25N3O. The second-order valence-corrected chi connectivity index (χ2v) is 6.35. The van der Waals surface area contributed by atoms with Gasteiger partial charge in [0.2, 0.25) is 5.91 Å². The molecule has 21 heavy (non-hydrogen) atoms. The lowest BCUT2D eigenvalue weighted by atomic mass is 9.91. The van der Waals surface area contributed by atoms with Crippen molar-refractivity contribution < 1.29 is 4.79 Å². The SMILES string of the molecule is CN1CCN(c2ccc(CC3CCNCC3)cc2)C(=O)C1. The van der Waals surface area contributed by atoms with E-state index >= 15 is 0 Å². The zero-order chi connectivity index (χ0) is 14.7. The monoisotopic (exact) mass is 287 g/mol. The van der Waals surface area contributed by atoms with Crippen LogP contribution in [0.2, 0.25) is 0 Å². The van der Waals surface area contributed by atoms with Gasteiger partial charge in [-0.05, 0) is 63.0 Å². The minimum atomic E-state index is 0.204. The van der Waals surface area contributed by atoms with E-state index < -0.39 is 0 Å². The fourth-order valence-corrected chi connectivity index (χ4v) is 3.29. The fourth-order valence-electron chi connectivity index (χ4n) is 3.29. The Morgan fingerprint density at radius 1 is 1.14 bits per heavy atom. The van der Waals surface area contributed by atoms with Gasteiger partial charge >= 0.3 is 0 Å². The highest BCUT2D eigenvalue weighted by Gasteiger charge is 2.22. The molecule has 0 aromatic heterocycles.